The average Bonchev–Trinajstić information content (AvgIpc) is 3.94. The van der Waals surface area contributed by atoms with E-state index in [1.165, 1.54) is 32.4 Å². The molecule has 56 heavy (non-hydrogen) atoms. The number of aryl methyl sites for hydroxylation is 1. The summed E-state index contributed by atoms with van der Waals surface area (Å²) in [5.74, 6) is -1.58. The van der Waals surface area contributed by atoms with Crippen molar-refractivity contribution in [2.45, 2.75) is 149 Å². The van der Waals surface area contributed by atoms with E-state index in [0.717, 1.165) is 49.8 Å². The molecule has 8 nitrogen and oxygen atoms in total. The summed E-state index contributed by atoms with van der Waals surface area (Å²) in [7, 11) is 0. The molecule has 1 aliphatic heterocycles. The van der Waals surface area contributed by atoms with E-state index in [-0.39, 0.29) is 53.8 Å². The third-order valence-electron chi connectivity index (χ3n) is 11.8. The van der Waals surface area contributed by atoms with Gasteiger partial charge in [0, 0.05) is 36.5 Å². The van der Waals surface area contributed by atoms with Gasteiger partial charge in [-0.15, -0.1) is 0 Å². The smallest absolute Gasteiger partial charge is 0.224 e. The van der Waals surface area contributed by atoms with Gasteiger partial charge in [-0.2, -0.15) is 0 Å². The minimum atomic E-state index is -0.795. The van der Waals surface area contributed by atoms with Crippen LogP contribution in [0.1, 0.15) is 136 Å². The second kappa shape index (κ2) is 22.9. The number of likely N-dealkylation sites (tertiary alicyclic amines) is 1. The van der Waals surface area contributed by atoms with Crippen molar-refractivity contribution in [3.63, 3.8) is 0 Å². The van der Waals surface area contributed by atoms with Crippen molar-refractivity contribution in [2.75, 3.05) is 19.6 Å². The fourth-order valence-electron chi connectivity index (χ4n) is 8.13. The Kier molecular flexibility index (Phi) is 18.4. The second-order valence-electron chi connectivity index (χ2n) is 18.0. The van der Waals surface area contributed by atoms with Gasteiger partial charge in [-0.05, 0) is 113 Å². The van der Waals surface area contributed by atoms with Crippen molar-refractivity contribution < 1.29 is 24.0 Å². The normalized spacial score (nSPS) is 17.5. The van der Waals surface area contributed by atoms with Crippen LogP contribution >= 0.6 is 0 Å². The lowest BCUT2D eigenvalue weighted by Crippen LogP contribution is -2.49. The highest BCUT2D eigenvalue weighted by atomic mass is 16.2. The first kappa shape index (κ1) is 45.1. The predicted molar refractivity (Wildman–Crippen MR) is 225 cm³/mol. The maximum absolute atomic E-state index is 14.3. The lowest BCUT2D eigenvalue weighted by atomic mass is 9.87. The van der Waals surface area contributed by atoms with Crippen molar-refractivity contribution in [1.82, 2.24) is 15.5 Å². The number of hydrogen-bond donors (Lipinski definition) is 2. The summed E-state index contributed by atoms with van der Waals surface area (Å²) in [6.45, 7) is 13.5. The number of ketones is 3. The molecular formula is C48H71N3O5. The predicted octanol–water partition coefficient (Wildman–Crippen LogP) is 8.49. The molecule has 308 valence electrons. The molecule has 0 aromatic heterocycles. The van der Waals surface area contributed by atoms with Crippen molar-refractivity contribution in [3.8, 4) is 0 Å². The summed E-state index contributed by atoms with van der Waals surface area (Å²) < 4.78 is 0. The number of benzene rings is 2. The molecule has 1 aliphatic carbocycles. The summed E-state index contributed by atoms with van der Waals surface area (Å²) in [6.07, 6.45) is 11.4. The molecule has 4 atom stereocenters. The number of rotatable bonds is 26. The number of piperidine rings is 1. The number of Topliss-reactive ketones (excluding diaryl/α,β-unsaturated/α-hetero) is 3. The van der Waals surface area contributed by atoms with E-state index in [1.54, 1.807) is 0 Å². The van der Waals surface area contributed by atoms with Gasteiger partial charge < -0.3 is 15.5 Å². The molecule has 0 spiro atoms. The van der Waals surface area contributed by atoms with E-state index in [2.05, 4.69) is 15.5 Å². The molecule has 2 fully saturated rings. The van der Waals surface area contributed by atoms with Crippen LogP contribution in [0.3, 0.4) is 0 Å². The molecule has 0 radical (unpaired) electrons. The van der Waals surface area contributed by atoms with E-state index in [1.807, 2.05) is 95.3 Å². The van der Waals surface area contributed by atoms with Crippen LogP contribution in [-0.4, -0.2) is 65.8 Å². The van der Waals surface area contributed by atoms with E-state index < -0.39 is 29.3 Å². The number of amides is 2. The highest BCUT2D eigenvalue weighted by Crippen LogP contribution is 2.47. The molecule has 8 heteroatoms. The van der Waals surface area contributed by atoms with Gasteiger partial charge in [-0.1, -0.05) is 108 Å². The molecule has 2 aliphatic rings. The summed E-state index contributed by atoms with van der Waals surface area (Å²) in [5, 5.41) is 6.18. The van der Waals surface area contributed by atoms with Gasteiger partial charge in [0.15, 0.2) is 11.6 Å². The standard InChI is InChI=1S/C48H71N3O5/c1-35(2)30-42(44(53)34-40(32-38-20-12-7-13-21-38)47(56)50-43(31-36(3)4)45(54)48(5)25-26-48)49-46(55)39(24-23-37-18-10-6-11-19-37)33-41(52)22-14-8-15-27-51-28-16-9-17-29-51/h6-7,10-13,18-21,35-36,39-40,42-43H,8-9,14-17,22-34H2,1-5H3,(H,49,55)(H,50,56)/t39-,40-,42?,43?/m1/s1. The number of nitrogens with one attached hydrogen (secondary N) is 2. The van der Waals surface area contributed by atoms with Crippen molar-refractivity contribution in [3.05, 3.63) is 71.8 Å². The topological polar surface area (TPSA) is 113 Å². The van der Waals surface area contributed by atoms with Gasteiger partial charge in [0.05, 0.1) is 12.1 Å². The summed E-state index contributed by atoms with van der Waals surface area (Å²) in [4.78, 5) is 72.0. The molecule has 1 saturated heterocycles. The average molecular weight is 770 g/mol. The number of carbonyl (C=O) groups excluding carboxylic acids is 5. The third-order valence-corrected chi connectivity index (χ3v) is 11.8. The fraction of sp³-hybridized carbons (Fsp3) is 0.646. The maximum Gasteiger partial charge on any atom is 0.224 e. The fourth-order valence-corrected chi connectivity index (χ4v) is 8.13. The first-order valence-corrected chi connectivity index (χ1v) is 21.8. The van der Waals surface area contributed by atoms with Crippen LogP contribution in [0, 0.1) is 29.1 Å². The Morgan fingerprint density at radius 2 is 1.25 bits per heavy atom. The second-order valence-corrected chi connectivity index (χ2v) is 18.0. The summed E-state index contributed by atoms with van der Waals surface area (Å²) in [6, 6.07) is 18.2. The Balaban J connectivity index is 1.45. The minimum Gasteiger partial charge on any atom is -0.346 e. The SMILES string of the molecule is CC(C)CC(NC(=O)[C@H](CCc1ccccc1)CC(=O)CCCCCN1CCCCC1)C(=O)C[C@@H](Cc1ccccc1)C(=O)NC(CC(C)C)C(=O)C1(C)CC1. The van der Waals surface area contributed by atoms with Gasteiger partial charge in [0.25, 0.3) is 0 Å². The van der Waals surface area contributed by atoms with Gasteiger partial charge in [0.1, 0.15) is 5.78 Å². The molecule has 1 saturated carbocycles. The molecule has 0 bridgehead atoms. The first-order valence-electron chi connectivity index (χ1n) is 21.8. The van der Waals surface area contributed by atoms with Gasteiger partial charge >= 0.3 is 0 Å². The van der Waals surface area contributed by atoms with Gasteiger partial charge in [-0.25, -0.2) is 0 Å². The Bertz CT molecular complexity index is 1530. The molecular weight excluding hydrogens is 699 g/mol. The van der Waals surface area contributed by atoms with Crippen LogP contribution in [0.2, 0.25) is 0 Å². The van der Waals surface area contributed by atoms with Crippen molar-refractivity contribution in [1.29, 1.82) is 0 Å². The zero-order valence-corrected chi connectivity index (χ0v) is 35.2. The molecule has 2 unspecified atom stereocenters. The number of nitrogens with zero attached hydrogens (tertiary/aromatic N) is 1. The zero-order chi connectivity index (χ0) is 40.5. The highest BCUT2D eigenvalue weighted by Gasteiger charge is 2.48. The Morgan fingerprint density at radius 1 is 0.679 bits per heavy atom. The lowest BCUT2D eigenvalue weighted by molar-refractivity contribution is -0.135. The van der Waals surface area contributed by atoms with Crippen molar-refractivity contribution in [2.24, 2.45) is 29.1 Å². The molecule has 2 amide bonds. The molecule has 2 aromatic carbocycles. The monoisotopic (exact) mass is 770 g/mol. The number of unbranched alkanes of at least 4 members (excludes halogenated alkanes) is 2. The van der Waals surface area contributed by atoms with Crippen LogP contribution in [0.25, 0.3) is 0 Å². The largest absolute Gasteiger partial charge is 0.346 e. The first-order chi connectivity index (χ1) is 26.8. The van der Waals surface area contributed by atoms with Gasteiger partial charge in [0.2, 0.25) is 11.8 Å². The molecule has 2 aromatic rings. The Labute approximate surface area is 337 Å². The van der Waals surface area contributed by atoms with Gasteiger partial charge in [-0.3, -0.25) is 24.0 Å². The van der Waals surface area contributed by atoms with Crippen LogP contribution in [0.4, 0.5) is 0 Å². The zero-order valence-electron chi connectivity index (χ0n) is 35.2. The molecule has 2 N–H and O–H groups in total. The van der Waals surface area contributed by atoms with Crippen LogP contribution < -0.4 is 10.6 Å². The summed E-state index contributed by atoms with van der Waals surface area (Å²) >= 11 is 0. The van der Waals surface area contributed by atoms with E-state index in [4.69, 9.17) is 0 Å². The lowest BCUT2D eigenvalue weighted by Gasteiger charge is -2.27. The van der Waals surface area contributed by atoms with Crippen molar-refractivity contribution >= 4 is 29.2 Å². The number of hydrogen-bond acceptors (Lipinski definition) is 6. The maximum atomic E-state index is 14.3. The van der Waals surface area contributed by atoms with Crippen LogP contribution in [-0.2, 0) is 36.8 Å². The van der Waals surface area contributed by atoms with E-state index >= 15 is 0 Å². The Hall–Kier alpha value is -3.65. The summed E-state index contributed by atoms with van der Waals surface area (Å²) in [5.41, 5.74) is 1.64. The number of carbonyl (C=O) groups is 5. The molecule has 4 rings (SSSR count). The van der Waals surface area contributed by atoms with Crippen LogP contribution in [0.5, 0.6) is 0 Å². The van der Waals surface area contributed by atoms with Crippen LogP contribution in [0.15, 0.2) is 60.7 Å². The molecule has 1 heterocycles. The Morgan fingerprint density at radius 3 is 1.86 bits per heavy atom. The quantitative estimate of drug-likeness (QED) is 0.0929. The van der Waals surface area contributed by atoms with E-state index in [0.29, 0.717) is 38.5 Å². The highest BCUT2D eigenvalue weighted by molar-refractivity contribution is 5.97. The van der Waals surface area contributed by atoms with E-state index in [9.17, 15) is 24.0 Å². The minimum absolute atomic E-state index is 0.0662. The third kappa shape index (κ3) is 15.7.